The maximum atomic E-state index is 5.90. The van der Waals surface area contributed by atoms with Gasteiger partial charge in [-0.2, -0.15) is 0 Å². The molecule has 0 aliphatic carbocycles. The van der Waals surface area contributed by atoms with E-state index in [4.69, 9.17) is 14.5 Å². The van der Waals surface area contributed by atoms with Gasteiger partial charge in [-0.1, -0.05) is 18.2 Å². The number of rotatable bonds is 5. The molecule has 0 saturated carbocycles. The number of nitrogens with zero attached hydrogens (tertiary/aromatic N) is 2. The molecule has 4 rings (SSSR count). The molecule has 0 bridgehead atoms. The normalized spacial score (nSPS) is 17.4. The first-order valence-corrected chi connectivity index (χ1v) is 10.7. The highest BCUT2D eigenvalue weighted by atomic mass is 79.9. The van der Waals surface area contributed by atoms with Crippen LogP contribution in [0.4, 0.5) is 5.69 Å². The largest absolute Gasteiger partial charge is 0.496 e. The molecule has 1 aliphatic heterocycles. The van der Waals surface area contributed by atoms with Crippen molar-refractivity contribution in [3.05, 3.63) is 63.2 Å². The molecule has 4 nitrogen and oxygen atoms in total. The van der Waals surface area contributed by atoms with Crippen LogP contribution >= 0.6 is 27.3 Å². The van der Waals surface area contributed by atoms with E-state index in [1.54, 1.807) is 18.4 Å². The minimum absolute atomic E-state index is 0.245. The van der Waals surface area contributed by atoms with Gasteiger partial charge < -0.3 is 14.0 Å². The average molecular weight is 445 g/mol. The number of thiazole rings is 1. The second-order valence-electron chi connectivity index (χ2n) is 6.45. The Balaban J connectivity index is 1.79. The maximum Gasteiger partial charge on any atom is 0.190 e. The summed E-state index contributed by atoms with van der Waals surface area (Å²) in [5.41, 5.74) is 3.24. The van der Waals surface area contributed by atoms with Gasteiger partial charge in [-0.25, -0.2) is 4.99 Å². The minimum atomic E-state index is 0.245. The fourth-order valence-electron chi connectivity index (χ4n) is 3.26. The second kappa shape index (κ2) is 8.42. The third kappa shape index (κ3) is 4.18. The van der Waals surface area contributed by atoms with E-state index >= 15 is 0 Å². The molecule has 1 fully saturated rings. The summed E-state index contributed by atoms with van der Waals surface area (Å²) in [6, 6.07) is 16.3. The molecule has 0 amide bonds. The first kappa shape index (κ1) is 18.5. The van der Waals surface area contributed by atoms with E-state index in [1.807, 2.05) is 36.4 Å². The molecule has 1 aliphatic rings. The third-order valence-electron chi connectivity index (χ3n) is 4.64. The van der Waals surface area contributed by atoms with Crippen molar-refractivity contribution >= 4 is 33.0 Å². The Morgan fingerprint density at radius 1 is 1.26 bits per heavy atom. The monoisotopic (exact) mass is 444 g/mol. The lowest BCUT2D eigenvalue weighted by Crippen LogP contribution is -2.24. The van der Waals surface area contributed by atoms with Crippen molar-refractivity contribution in [1.82, 2.24) is 4.57 Å². The molecule has 0 spiro atoms. The number of hydrogen-bond donors (Lipinski definition) is 0. The Kier molecular flexibility index (Phi) is 5.76. The van der Waals surface area contributed by atoms with E-state index in [0.29, 0.717) is 0 Å². The fourth-order valence-corrected chi connectivity index (χ4v) is 4.74. The van der Waals surface area contributed by atoms with Gasteiger partial charge in [0.05, 0.1) is 35.6 Å². The number of ether oxygens (including phenoxy) is 2. The highest BCUT2D eigenvalue weighted by Crippen LogP contribution is 2.31. The van der Waals surface area contributed by atoms with Crippen molar-refractivity contribution in [3.63, 3.8) is 0 Å². The predicted molar refractivity (Wildman–Crippen MR) is 113 cm³/mol. The zero-order valence-electron chi connectivity index (χ0n) is 15.1. The van der Waals surface area contributed by atoms with E-state index in [2.05, 4.69) is 38.0 Å². The molecule has 1 atom stereocenters. The molecule has 2 heterocycles. The van der Waals surface area contributed by atoms with Gasteiger partial charge in [-0.15, -0.1) is 11.3 Å². The third-order valence-corrected chi connectivity index (χ3v) is 6.12. The van der Waals surface area contributed by atoms with Gasteiger partial charge in [0.1, 0.15) is 5.75 Å². The summed E-state index contributed by atoms with van der Waals surface area (Å²) in [5, 5.41) is 2.17. The summed E-state index contributed by atoms with van der Waals surface area (Å²) >= 11 is 5.26. The lowest BCUT2D eigenvalue weighted by Gasteiger charge is -2.14. The molecular weight excluding hydrogens is 424 g/mol. The summed E-state index contributed by atoms with van der Waals surface area (Å²) < 4.78 is 14.5. The molecule has 3 aromatic rings. The van der Waals surface area contributed by atoms with E-state index < -0.39 is 0 Å². The van der Waals surface area contributed by atoms with Crippen LogP contribution in [-0.4, -0.2) is 24.4 Å². The van der Waals surface area contributed by atoms with E-state index in [-0.39, 0.29) is 6.10 Å². The van der Waals surface area contributed by atoms with Crippen molar-refractivity contribution in [2.24, 2.45) is 4.99 Å². The number of para-hydroxylation sites is 1. The van der Waals surface area contributed by atoms with Crippen LogP contribution in [0.25, 0.3) is 11.3 Å². The van der Waals surface area contributed by atoms with Crippen LogP contribution in [-0.2, 0) is 11.3 Å². The van der Waals surface area contributed by atoms with Crippen LogP contribution in [0.3, 0.4) is 0 Å². The number of halogens is 1. The SMILES string of the molecule is COc1ccc(-c2csc(=Nc3ccccc3)n2C[C@@H]2CCCO2)cc1Br. The minimum Gasteiger partial charge on any atom is -0.496 e. The summed E-state index contributed by atoms with van der Waals surface area (Å²) in [6.07, 6.45) is 2.47. The van der Waals surface area contributed by atoms with Crippen LogP contribution < -0.4 is 9.54 Å². The van der Waals surface area contributed by atoms with Crippen LogP contribution in [0, 0.1) is 0 Å². The smallest absolute Gasteiger partial charge is 0.190 e. The molecule has 6 heteroatoms. The zero-order valence-corrected chi connectivity index (χ0v) is 17.5. The lowest BCUT2D eigenvalue weighted by atomic mass is 10.1. The van der Waals surface area contributed by atoms with Crippen molar-refractivity contribution in [2.45, 2.75) is 25.5 Å². The number of hydrogen-bond acceptors (Lipinski definition) is 4. The van der Waals surface area contributed by atoms with Crippen LogP contribution in [0.15, 0.2) is 63.4 Å². The molecule has 1 aromatic heterocycles. The first-order chi connectivity index (χ1) is 13.2. The Morgan fingerprint density at radius 2 is 2.11 bits per heavy atom. The number of benzene rings is 2. The Bertz CT molecular complexity index is 975. The summed E-state index contributed by atoms with van der Waals surface area (Å²) in [6.45, 7) is 1.66. The van der Waals surface area contributed by atoms with Gasteiger partial charge in [0.25, 0.3) is 0 Å². The molecule has 0 unspecified atom stereocenters. The summed E-state index contributed by atoms with van der Waals surface area (Å²) in [5.74, 6) is 0.828. The highest BCUT2D eigenvalue weighted by molar-refractivity contribution is 9.10. The molecule has 140 valence electrons. The summed E-state index contributed by atoms with van der Waals surface area (Å²) in [7, 11) is 1.68. The summed E-state index contributed by atoms with van der Waals surface area (Å²) in [4.78, 5) is 5.86. The Hall–Kier alpha value is -1.89. The van der Waals surface area contributed by atoms with Crippen LogP contribution in [0.1, 0.15) is 12.8 Å². The van der Waals surface area contributed by atoms with Crippen molar-refractivity contribution in [3.8, 4) is 17.0 Å². The van der Waals surface area contributed by atoms with Gasteiger partial charge in [-0.05, 0) is 59.1 Å². The van der Waals surface area contributed by atoms with Crippen molar-refractivity contribution in [1.29, 1.82) is 0 Å². The maximum absolute atomic E-state index is 5.90. The molecule has 2 aromatic carbocycles. The standard InChI is InChI=1S/C21H21BrN2O2S/c1-25-20-10-9-15(12-18(20)22)19-14-27-21(23-16-6-3-2-4-7-16)24(19)13-17-8-5-11-26-17/h2-4,6-7,9-10,12,14,17H,5,8,11,13H2,1H3/t17-/m0/s1. The molecule has 1 saturated heterocycles. The first-order valence-electron chi connectivity index (χ1n) is 8.98. The van der Waals surface area contributed by atoms with Crippen molar-refractivity contribution < 1.29 is 9.47 Å². The molecular formula is C21H21BrN2O2S. The van der Waals surface area contributed by atoms with Crippen LogP contribution in [0.5, 0.6) is 5.75 Å². The Morgan fingerprint density at radius 3 is 2.81 bits per heavy atom. The number of aromatic nitrogens is 1. The molecule has 0 N–H and O–H groups in total. The van der Waals surface area contributed by atoms with E-state index in [9.17, 15) is 0 Å². The van der Waals surface area contributed by atoms with Gasteiger partial charge in [-0.3, -0.25) is 0 Å². The zero-order chi connectivity index (χ0) is 18.6. The highest BCUT2D eigenvalue weighted by Gasteiger charge is 2.19. The van der Waals surface area contributed by atoms with E-state index in [1.165, 1.54) is 0 Å². The quantitative estimate of drug-likeness (QED) is 0.527. The van der Waals surface area contributed by atoms with Gasteiger partial charge in [0, 0.05) is 17.6 Å². The molecule has 0 radical (unpaired) electrons. The van der Waals surface area contributed by atoms with Crippen molar-refractivity contribution in [2.75, 3.05) is 13.7 Å². The van der Waals surface area contributed by atoms with Crippen LogP contribution in [0.2, 0.25) is 0 Å². The van der Waals surface area contributed by atoms with Gasteiger partial charge >= 0.3 is 0 Å². The number of methoxy groups -OCH3 is 1. The topological polar surface area (TPSA) is 35.8 Å². The molecule has 27 heavy (non-hydrogen) atoms. The average Bonchev–Trinajstić information content (AvgIpc) is 3.34. The Labute approximate surface area is 171 Å². The second-order valence-corrected chi connectivity index (χ2v) is 8.14. The van der Waals surface area contributed by atoms with Gasteiger partial charge in [0.15, 0.2) is 4.80 Å². The fraction of sp³-hybridized carbons (Fsp3) is 0.286. The predicted octanol–water partition coefficient (Wildman–Crippen LogP) is 5.40. The van der Waals surface area contributed by atoms with Gasteiger partial charge in [0.2, 0.25) is 0 Å². The lowest BCUT2D eigenvalue weighted by molar-refractivity contribution is 0.0968. The van der Waals surface area contributed by atoms with E-state index in [0.717, 1.165) is 58.0 Å².